The number of hydrogen-bond acceptors (Lipinski definition) is 2. The first-order valence-electron chi connectivity index (χ1n) is 8.27. The molecule has 0 fully saturated rings. The van der Waals surface area contributed by atoms with Gasteiger partial charge in [0.05, 0.1) is 5.92 Å². The minimum atomic E-state index is -0.0222. The van der Waals surface area contributed by atoms with E-state index in [4.69, 9.17) is 0 Å². The van der Waals surface area contributed by atoms with E-state index in [1.807, 2.05) is 12.1 Å². The van der Waals surface area contributed by atoms with Crippen LogP contribution in [0.1, 0.15) is 64.4 Å². The lowest BCUT2D eigenvalue weighted by molar-refractivity contribution is -0.123. The Morgan fingerprint density at radius 3 is 2.90 bits per heavy atom. The lowest BCUT2D eigenvalue weighted by Crippen LogP contribution is -2.40. The van der Waals surface area contributed by atoms with Gasteiger partial charge in [0.25, 0.3) is 0 Å². The number of benzene rings is 1. The Bertz CT molecular complexity index is 472. The number of nitrogens with one attached hydrogen (secondary N) is 2. The van der Waals surface area contributed by atoms with E-state index < -0.39 is 0 Å². The molecule has 3 atom stereocenters. The highest BCUT2D eigenvalue weighted by Crippen LogP contribution is 2.34. The van der Waals surface area contributed by atoms with Crippen LogP contribution >= 0.6 is 0 Å². The van der Waals surface area contributed by atoms with E-state index in [1.165, 1.54) is 19.3 Å². The van der Waals surface area contributed by atoms with Crippen molar-refractivity contribution in [2.75, 3.05) is 5.32 Å². The van der Waals surface area contributed by atoms with Crippen molar-refractivity contribution in [2.24, 2.45) is 0 Å². The van der Waals surface area contributed by atoms with Gasteiger partial charge in [0.2, 0.25) is 5.91 Å². The Morgan fingerprint density at radius 1 is 1.38 bits per heavy atom. The monoisotopic (exact) mass is 288 g/mol. The first-order chi connectivity index (χ1) is 10.1. The molecule has 1 aliphatic heterocycles. The van der Waals surface area contributed by atoms with Gasteiger partial charge in [-0.15, -0.1) is 0 Å². The Morgan fingerprint density at radius 2 is 2.14 bits per heavy atom. The minimum Gasteiger partial charge on any atom is -0.382 e. The highest BCUT2D eigenvalue weighted by Gasteiger charge is 2.29. The van der Waals surface area contributed by atoms with Crippen LogP contribution in [-0.4, -0.2) is 18.0 Å². The Labute approximate surface area is 128 Å². The van der Waals surface area contributed by atoms with Crippen molar-refractivity contribution in [1.29, 1.82) is 0 Å². The molecule has 0 aromatic heterocycles. The van der Waals surface area contributed by atoms with E-state index in [1.54, 1.807) is 0 Å². The van der Waals surface area contributed by atoms with Crippen molar-refractivity contribution < 1.29 is 4.79 Å². The van der Waals surface area contributed by atoms with Gasteiger partial charge in [0, 0.05) is 17.8 Å². The average Bonchev–Trinajstić information content (AvgIpc) is 2.46. The molecule has 21 heavy (non-hydrogen) atoms. The molecule has 1 heterocycles. The lowest BCUT2D eigenvalue weighted by atomic mass is 9.86. The molecule has 0 unspecified atom stereocenters. The second-order valence-electron chi connectivity index (χ2n) is 6.33. The number of fused-ring (bicyclic) bond motifs is 1. The van der Waals surface area contributed by atoms with Gasteiger partial charge >= 0.3 is 0 Å². The molecule has 3 nitrogen and oxygen atoms in total. The average molecular weight is 288 g/mol. The molecular weight excluding hydrogens is 260 g/mol. The maximum absolute atomic E-state index is 12.6. The molecule has 0 aliphatic carbocycles. The molecule has 1 aromatic rings. The summed E-state index contributed by atoms with van der Waals surface area (Å²) in [5.74, 6) is 0.158. The summed E-state index contributed by atoms with van der Waals surface area (Å²) in [6.45, 7) is 6.46. The van der Waals surface area contributed by atoms with Crippen molar-refractivity contribution in [3.05, 3.63) is 29.8 Å². The lowest BCUT2D eigenvalue weighted by Gasteiger charge is -2.31. The zero-order valence-corrected chi connectivity index (χ0v) is 13.5. The largest absolute Gasteiger partial charge is 0.382 e. The quantitative estimate of drug-likeness (QED) is 0.775. The minimum absolute atomic E-state index is 0.0222. The topological polar surface area (TPSA) is 41.1 Å². The molecule has 0 bridgehead atoms. The second-order valence-corrected chi connectivity index (χ2v) is 6.33. The summed E-state index contributed by atoms with van der Waals surface area (Å²) in [5, 5.41) is 6.66. The third-order valence-corrected chi connectivity index (χ3v) is 4.27. The summed E-state index contributed by atoms with van der Waals surface area (Å²) in [6.07, 6.45) is 5.59. The molecule has 2 N–H and O–H groups in total. The number of carbonyl (C=O) groups excluding carboxylic acids is 1. The van der Waals surface area contributed by atoms with Crippen LogP contribution in [0.2, 0.25) is 0 Å². The predicted octanol–water partition coefficient (Wildman–Crippen LogP) is 4.06. The second kappa shape index (κ2) is 7.48. The SMILES string of the molecule is CCCCC[C@@H](C)NC(=O)[C@@H]1C[C@H](C)Nc2ccccc21. The van der Waals surface area contributed by atoms with Crippen molar-refractivity contribution >= 4 is 11.6 Å². The van der Waals surface area contributed by atoms with E-state index in [0.717, 1.165) is 24.1 Å². The molecule has 0 saturated heterocycles. The van der Waals surface area contributed by atoms with Gasteiger partial charge in [-0.3, -0.25) is 4.79 Å². The summed E-state index contributed by atoms with van der Waals surface area (Å²) in [6, 6.07) is 8.77. The molecule has 1 aromatic carbocycles. The number of para-hydroxylation sites is 1. The summed E-state index contributed by atoms with van der Waals surface area (Å²) < 4.78 is 0. The van der Waals surface area contributed by atoms with E-state index >= 15 is 0 Å². The number of amides is 1. The fourth-order valence-corrected chi connectivity index (χ4v) is 3.10. The van der Waals surface area contributed by atoms with E-state index in [0.29, 0.717) is 6.04 Å². The highest BCUT2D eigenvalue weighted by molar-refractivity contribution is 5.86. The summed E-state index contributed by atoms with van der Waals surface area (Å²) in [4.78, 5) is 12.6. The smallest absolute Gasteiger partial charge is 0.227 e. The number of carbonyl (C=O) groups is 1. The van der Waals surface area contributed by atoms with Crippen LogP contribution in [-0.2, 0) is 4.79 Å². The molecule has 3 heteroatoms. The van der Waals surface area contributed by atoms with Crippen molar-refractivity contribution in [3.8, 4) is 0 Å². The number of rotatable bonds is 6. The van der Waals surface area contributed by atoms with Gasteiger partial charge < -0.3 is 10.6 Å². The third-order valence-electron chi connectivity index (χ3n) is 4.27. The molecule has 2 rings (SSSR count). The third kappa shape index (κ3) is 4.23. The maximum Gasteiger partial charge on any atom is 0.227 e. The van der Waals surface area contributed by atoms with Crippen molar-refractivity contribution in [1.82, 2.24) is 5.32 Å². The van der Waals surface area contributed by atoms with Gasteiger partial charge in [-0.05, 0) is 38.3 Å². The Balaban J connectivity index is 1.99. The molecule has 0 saturated carbocycles. The molecule has 1 aliphatic rings. The highest BCUT2D eigenvalue weighted by atomic mass is 16.1. The van der Waals surface area contributed by atoms with Gasteiger partial charge in [-0.25, -0.2) is 0 Å². The fraction of sp³-hybridized carbons (Fsp3) is 0.611. The molecular formula is C18H28N2O. The number of anilines is 1. The summed E-state index contributed by atoms with van der Waals surface area (Å²) >= 11 is 0. The van der Waals surface area contributed by atoms with Crippen LogP contribution in [0.3, 0.4) is 0 Å². The van der Waals surface area contributed by atoms with Crippen LogP contribution in [0.5, 0.6) is 0 Å². The zero-order valence-electron chi connectivity index (χ0n) is 13.5. The fourth-order valence-electron chi connectivity index (χ4n) is 3.10. The van der Waals surface area contributed by atoms with Crippen LogP contribution < -0.4 is 10.6 Å². The summed E-state index contributed by atoms with van der Waals surface area (Å²) in [5.41, 5.74) is 2.24. The predicted molar refractivity (Wildman–Crippen MR) is 88.6 cm³/mol. The van der Waals surface area contributed by atoms with Crippen LogP contribution in [0, 0.1) is 0 Å². The maximum atomic E-state index is 12.6. The molecule has 0 spiro atoms. The van der Waals surface area contributed by atoms with Gasteiger partial charge in [-0.1, -0.05) is 44.4 Å². The molecule has 0 radical (unpaired) electrons. The number of unbranched alkanes of at least 4 members (excludes halogenated alkanes) is 2. The van der Waals surface area contributed by atoms with Crippen molar-refractivity contribution in [3.63, 3.8) is 0 Å². The van der Waals surface area contributed by atoms with E-state index in [-0.39, 0.29) is 17.9 Å². The normalized spacial score (nSPS) is 22.0. The Hall–Kier alpha value is -1.51. The van der Waals surface area contributed by atoms with E-state index in [2.05, 4.69) is 43.5 Å². The Kier molecular flexibility index (Phi) is 5.66. The number of hydrogen-bond donors (Lipinski definition) is 2. The van der Waals surface area contributed by atoms with Crippen molar-refractivity contribution in [2.45, 2.75) is 70.9 Å². The molecule has 1 amide bonds. The first-order valence-corrected chi connectivity index (χ1v) is 8.27. The van der Waals surface area contributed by atoms with Gasteiger partial charge in [0.1, 0.15) is 0 Å². The van der Waals surface area contributed by atoms with Gasteiger partial charge in [-0.2, -0.15) is 0 Å². The standard InChI is InChI=1S/C18H28N2O/c1-4-5-6-9-13(2)20-18(21)16-12-14(3)19-17-11-8-7-10-15(16)17/h7-8,10-11,13-14,16,19H,4-6,9,12H2,1-3H3,(H,20,21)/t13-,14+,16-/m1/s1. The first kappa shape index (κ1) is 15.9. The van der Waals surface area contributed by atoms with Crippen LogP contribution in [0.15, 0.2) is 24.3 Å². The summed E-state index contributed by atoms with van der Waals surface area (Å²) in [7, 11) is 0. The van der Waals surface area contributed by atoms with Gasteiger partial charge in [0.15, 0.2) is 0 Å². The zero-order chi connectivity index (χ0) is 15.2. The van der Waals surface area contributed by atoms with Crippen LogP contribution in [0.4, 0.5) is 5.69 Å². The van der Waals surface area contributed by atoms with Crippen LogP contribution in [0.25, 0.3) is 0 Å². The molecule has 116 valence electrons. The van der Waals surface area contributed by atoms with E-state index in [9.17, 15) is 4.79 Å².